The van der Waals surface area contributed by atoms with Crippen molar-refractivity contribution in [2.45, 2.75) is 53.1 Å². The van der Waals surface area contributed by atoms with Crippen molar-refractivity contribution in [1.82, 2.24) is 0 Å². The number of hydrogen-bond donors (Lipinski definition) is 1. The van der Waals surface area contributed by atoms with E-state index in [-0.39, 0.29) is 29.8 Å². The molecule has 0 aromatic heterocycles. The first-order valence-corrected chi connectivity index (χ1v) is 10.9. The number of hydrogen-bond acceptors (Lipinski definition) is 5. The zero-order valence-corrected chi connectivity index (χ0v) is 18.9. The summed E-state index contributed by atoms with van der Waals surface area (Å²) in [6.45, 7) is 9.95. The molecule has 0 atom stereocenters. The lowest BCUT2D eigenvalue weighted by molar-refractivity contribution is -0.124. The second kappa shape index (κ2) is 11.9. The largest absolute Gasteiger partial charge is 0.508 e. The summed E-state index contributed by atoms with van der Waals surface area (Å²) in [7, 11) is 0. The van der Waals surface area contributed by atoms with E-state index in [1.807, 2.05) is 32.0 Å². The lowest BCUT2D eigenvalue weighted by Crippen LogP contribution is -2.21. The molecule has 0 radical (unpaired) electrons. The smallest absolute Gasteiger partial charge is 0.163 e. The van der Waals surface area contributed by atoms with E-state index >= 15 is 0 Å². The van der Waals surface area contributed by atoms with Crippen molar-refractivity contribution in [1.29, 1.82) is 0 Å². The molecule has 0 fully saturated rings. The Morgan fingerprint density at radius 1 is 1.06 bits per heavy atom. The Balaban J connectivity index is 2.00. The molecule has 0 saturated carbocycles. The standard InChI is InChI=1S/C26H33NO4/c1-5-27(6-2)22-12-10-21(26(17-22)31-19(3)4)11-16-25(30)18-24(29)15-9-20-7-13-23(28)14-8-20/h7-8,10-14,16-17,19,28H,5-6,9,15,18H2,1-4H3/b16-11+. The van der Waals surface area contributed by atoms with Gasteiger partial charge in [-0.15, -0.1) is 0 Å². The van der Waals surface area contributed by atoms with Gasteiger partial charge in [0.15, 0.2) is 5.78 Å². The van der Waals surface area contributed by atoms with Crippen molar-refractivity contribution < 1.29 is 19.4 Å². The van der Waals surface area contributed by atoms with Crippen molar-refractivity contribution in [2.75, 3.05) is 18.0 Å². The molecule has 0 amide bonds. The number of phenols is 1. The molecule has 0 aliphatic rings. The van der Waals surface area contributed by atoms with Gasteiger partial charge in [0.05, 0.1) is 12.5 Å². The van der Waals surface area contributed by atoms with E-state index in [2.05, 4.69) is 18.7 Å². The highest BCUT2D eigenvalue weighted by molar-refractivity contribution is 6.06. The normalized spacial score (nSPS) is 11.1. The monoisotopic (exact) mass is 423 g/mol. The van der Waals surface area contributed by atoms with E-state index in [1.54, 1.807) is 30.3 Å². The average molecular weight is 424 g/mol. The maximum Gasteiger partial charge on any atom is 0.163 e. The van der Waals surface area contributed by atoms with Crippen LogP contribution in [0.3, 0.4) is 0 Å². The Hall–Kier alpha value is -3.08. The van der Waals surface area contributed by atoms with Gasteiger partial charge >= 0.3 is 0 Å². The van der Waals surface area contributed by atoms with E-state index < -0.39 is 0 Å². The summed E-state index contributed by atoms with van der Waals surface area (Å²) in [6, 6.07) is 12.7. The first-order chi connectivity index (χ1) is 14.8. The molecule has 0 heterocycles. The van der Waals surface area contributed by atoms with Crippen LogP contribution in [0.25, 0.3) is 6.08 Å². The Labute approximate surface area is 185 Å². The number of aryl methyl sites for hydroxylation is 1. The third-order valence-electron chi connectivity index (χ3n) is 4.94. The molecule has 31 heavy (non-hydrogen) atoms. The van der Waals surface area contributed by atoms with Crippen molar-refractivity contribution in [3.63, 3.8) is 0 Å². The molecular weight excluding hydrogens is 390 g/mol. The Morgan fingerprint density at radius 2 is 1.74 bits per heavy atom. The topological polar surface area (TPSA) is 66.8 Å². The molecule has 5 heteroatoms. The molecule has 2 rings (SSSR count). The van der Waals surface area contributed by atoms with Gasteiger partial charge in [-0.05, 0) is 76.1 Å². The zero-order valence-electron chi connectivity index (χ0n) is 18.9. The van der Waals surface area contributed by atoms with Crippen LogP contribution in [0.2, 0.25) is 0 Å². The molecule has 0 bridgehead atoms. The van der Waals surface area contributed by atoms with E-state index in [9.17, 15) is 14.7 Å². The summed E-state index contributed by atoms with van der Waals surface area (Å²) in [5.74, 6) is 0.598. The van der Waals surface area contributed by atoms with Crippen LogP contribution in [0.5, 0.6) is 11.5 Å². The van der Waals surface area contributed by atoms with Gasteiger partial charge < -0.3 is 14.7 Å². The number of Topliss-reactive ketones (excluding diaryl/α,β-unsaturated/α-hetero) is 1. The van der Waals surface area contributed by atoms with Crippen LogP contribution in [0, 0.1) is 0 Å². The summed E-state index contributed by atoms with van der Waals surface area (Å²) in [5, 5.41) is 9.31. The maximum atomic E-state index is 12.3. The molecule has 166 valence electrons. The lowest BCUT2D eigenvalue weighted by atomic mass is 10.0. The number of rotatable bonds is 12. The number of nitrogens with zero attached hydrogens (tertiary/aromatic N) is 1. The predicted octanol–water partition coefficient (Wildman–Crippen LogP) is 5.20. The van der Waals surface area contributed by atoms with E-state index in [0.29, 0.717) is 12.8 Å². The molecule has 1 N–H and O–H groups in total. The number of phenolic OH excluding ortho intramolecular Hbond substituents is 1. The fourth-order valence-corrected chi connectivity index (χ4v) is 3.27. The summed E-state index contributed by atoms with van der Waals surface area (Å²) in [6.07, 6.45) is 3.92. The number of allylic oxidation sites excluding steroid dienone is 1. The van der Waals surface area contributed by atoms with Crippen molar-refractivity contribution in [3.8, 4) is 11.5 Å². The minimum atomic E-state index is -0.223. The second-order valence-corrected chi connectivity index (χ2v) is 7.74. The maximum absolute atomic E-state index is 12.3. The van der Waals surface area contributed by atoms with Crippen molar-refractivity contribution in [3.05, 3.63) is 59.7 Å². The minimum absolute atomic E-state index is 0.0104. The second-order valence-electron chi connectivity index (χ2n) is 7.74. The number of ketones is 2. The molecule has 0 aliphatic heterocycles. The van der Waals surface area contributed by atoms with Crippen LogP contribution < -0.4 is 9.64 Å². The Kier molecular flexibility index (Phi) is 9.32. The van der Waals surface area contributed by atoms with Crippen LogP contribution >= 0.6 is 0 Å². The number of carbonyl (C=O) groups excluding carboxylic acids is 2. The summed E-state index contributed by atoms with van der Waals surface area (Å²) in [5.41, 5.74) is 2.85. The van der Waals surface area contributed by atoms with Crippen molar-refractivity contribution >= 4 is 23.3 Å². The fourth-order valence-electron chi connectivity index (χ4n) is 3.27. The van der Waals surface area contributed by atoms with Gasteiger partial charge in [0, 0.05) is 36.8 Å². The number of anilines is 1. The molecule has 0 spiro atoms. The third-order valence-corrected chi connectivity index (χ3v) is 4.94. The highest BCUT2D eigenvalue weighted by Gasteiger charge is 2.11. The Bertz CT molecular complexity index is 896. The fraction of sp³-hybridized carbons (Fsp3) is 0.385. The van der Waals surface area contributed by atoms with Crippen molar-refractivity contribution in [2.24, 2.45) is 0 Å². The van der Waals surface area contributed by atoms with Gasteiger partial charge in [0.25, 0.3) is 0 Å². The van der Waals surface area contributed by atoms with Gasteiger partial charge in [-0.25, -0.2) is 0 Å². The van der Waals surface area contributed by atoms with Gasteiger partial charge in [-0.1, -0.05) is 12.1 Å². The summed E-state index contributed by atoms with van der Waals surface area (Å²) in [4.78, 5) is 26.7. The molecule has 0 saturated heterocycles. The quantitative estimate of drug-likeness (QED) is 0.375. The van der Waals surface area contributed by atoms with Crippen LogP contribution in [0.15, 0.2) is 48.5 Å². The number of aromatic hydroxyl groups is 1. The van der Waals surface area contributed by atoms with E-state index in [0.717, 1.165) is 35.7 Å². The minimum Gasteiger partial charge on any atom is -0.508 e. The molecule has 2 aromatic rings. The average Bonchev–Trinajstić information content (AvgIpc) is 2.73. The highest BCUT2D eigenvalue weighted by Crippen LogP contribution is 2.28. The van der Waals surface area contributed by atoms with Crippen LogP contribution in [-0.2, 0) is 16.0 Å². The number of carbonyl (C=O) groups is 2. The first kappa shape index (κ1) is 24.2. The van der Waals surface area contributed by atoms with E-state index in [4.69, 9.17) is 4.74 Å². The molecule has 0 unspecified atom stereocenters. The summed E-state index contributed by atoms with van der Waals surface area (Å²) >= 11 is 0. The Morgan fingerprint density at radius 3 is 2.35 bits per heavy atom. The van der Waals surface area contributed by atoms with E-state index in [1.165, 1.54) is 6.08 Å². The molecule has 0 aliphatic carbocycles. The highest BCUT2D eigenvalue weighted by atomic mass is 16.5. The SMILES string of the molecule is CCN(CC)c1ccc(/C=C/C(=O)CC(=O)CCc2ccc(O)cc2)c(OC(C)C)c1. The van der Waals surface area contributed by atoms with Crippen LogP contribution in [0.1, 0.15) is 51.7 Å². The molecule has 2 aromatic carbocycles. The van der Waals surface area contributed by atoms with Gasteiger partial charge in [-0.3, -0.25) is 9.59 Å². The van der Waals surface area contributed by atoms with Gasteiger partial charge in [0.2, 0.25) is 0 Å². The third kappa shape index (κ3) is 7.93. The molecular formula is C26H33NO4. The van der Waals surface area contributed by atoms with Gasteiger partial charge in [-0.2, -0.15) is 0 Å². The number of benzene rings is 2. The first-order valence-electron chi connectivity index (χ1n) is 10.9. The van der Waals surface area contributed by atoms with Crippen LogP contribution in [-0.4, -0.2) is 35.9 Å². The number of ether oxygens (including phenoxy) is 1. The lowest BCUT2D eigenvalue weighted by Gasteiger charge is -2.23. The summed E-state index contributed by atoms with van der Waals surface area (Å²) < 4.78 is 5.96. The predicted molar refractivity (Wildman–Crippen MR) is 126 cm³/mol. The van der Waals surface area contributed by atoms with Gasteiger partial charge in [0.1, 0.15) is 17.3 Å². The molecule has 5 nitrogen and oxygen atoms in total. The van der Waals surface area contributed by atoms with Crippen LogP contribution in [0.4, 0.5) is 5.69 Å². The zero-order chi connectivity index (χ0) is 22.8.